The molecule has 5 N–H and O–H groups in total. The zero-order valence-corrected chi connectivity index (χ0v) is 16.0. The van der Waals surface area contributed by atoms with Crippen LogP contribution < -0.4 is 21.5 Å². The first-order valence-corrected chi connectivity index (χ1v) is 9.33. The fourth-order valence-corrected chi connectivity index (χ4v) is 4.01. The molecule has 0 bridgehead atoms. The standard InChI is InChI=1S/C21H28N4O2/c1-24-17-7-9-21(10-8-17,20(23)26)12-16-11-14(3-5-18(16)27-2)15-4-6-19(22)25-13-15/h3-6,11,13,17,24H,7-10,12H2,1-2H3,(H2,22,25)(H2,23,26). The highest BCUT2D eigenvalue weighted by atomic mass is 16.5. The Morgan fingerprint density at radius 3 is 2.52 bits per heavy atom. The molecule has 1 aromatic heterocycles. The van der Waals surface area contributed by atoms with Crippen molar-refractivity contribution >= 4 is 11.7 Å². The first-order chi connectivity index (χ1) is 13.0. The monoisotopic (exact) mass is 368 g/mol. The van der Waals surface area contributed by atoms with Crippen molar-refractivity contribution in [1.29, 1.82) is 0 Å². The van der Waals surface area contributed by atoms with Crippen LogP contribution in [0.2, 0.25) is 0 Å². The number of pyridine rings is 1. The number of ether oxygens (including phenoxy) is 1. The molecule has 2 aromatic rings. The van der Waals surface area contributed by atoms with Crippen molar-refractivity contribution in [2.75, 3.05) is 19.9 Å². The molecule has 0 spiro atoms. The lowest BCUT2D eigenvalue weighted by molar-refractivity contribution is -0.129. The van der Waals surface area contributed by atoms with Gasteiger partial charge in [-0.05, 0) is 74.5 Å². The summed E-state index contributed by atoms with van der Waals surface area (Å²) in [6.45, 7) is 0. The topological polar surface area (TPSA) is 103 Å². The van der Waals surface area contributed by atoms with Crippen LogP contribution in [-0.4, -0.2) is 31.1 Å². The highest BCUT2D eigenvalue weighted by molar-refractivity contribution is 5.81. The normalized spacial score (nSPS) is 22.4. The summed E-state index contributed by atoms with van der Waals surface area (Å²) in [5.41, 5.74) is 14.0. The molecule has 0 aliphatic heterocycles. The summed E-state index contributed by atoms with van der Waals surface area (Å²) in [5.74, 6) is 1.04. The highest BCUT2D eigenvalue weighted by Gasteiger charge is 2.40. The molecular formula is C21H28N4O2. The van der Waals surface area contributed by atoms with Gasteiger partial charge in [0, 0.05) is 17.8 Å². The second-order valence-electron chi connectivity index (χ2n) is 7.38. The molecule has 1 aliphatic rings. The zero-order valence-electron chi connectivity index (χ0n) is 16.0. The number of benzene rings is 1. The summed E-state index contributed by atoms with van der Waals surface area (Å²) in [5, 5.41) is 3.31. The number of rotatable bonds is 6. The third kappa shape index (κ3) is 4.06. The summed E-state index contributed by atoms with van der Waals surface area (Å²) in [6, 6.07) is 10.2. The molecule has 6 nitrogen and oxygen atoms in total. The molecule has 0 saturated heterocycles. The Bertz CT molecular complexity index is 796. The fraction of sp³-hybridized carbons (Fsp3) is 0.429. The van der Waals surface area contributed by atoms with Crippen molar-refractivity contribution in [1.82, 2.24) is 10.3 Å². The number of carbonyl (C=O) groups excluding carboxylic acids is 1. The van der Waals surface area contributed by atoms with Crippen LogP contribution in [0, 0.1) is 5.41 Å². The van der Waals surface area contributed by atoms with Gasteiger partial charge in [-0.25, -0.2) is 4.98 Å². The number of nitrogens with two attached hydrogens (primary N) is 2. The Hall–Kier alpha value is -2.60. The number of methoxy groups -OCH3 is 1. The van der Waals surface area contributed by atoms with E-state index in [-0.39, 0.29) is 5.91 Å². The molecule has 0 unspecified atom stereocenters. The van der Waals surface area contributed by atoms with Gasteiger partial charge in [0.2, 0.25) is 5.91 Å². The summed E-state index contributed by atoms with van der Waals surface area (Å²) < 4.78 is 5.56. The number of aromatic nitrogens is 1. The van der Waals surface area contributed by atoms with Gasteiger partial charge in [0.1, 0.15) is 11.6 Å². The minimum Gasteiger partial charge on any atom is -0.496 e. The fourth-order valence-electron chi connectivity index (χ4n) is 4.01. The lowest BCUT2D eigenvalue weighted by Crippen LogP contribution is -2.45. The molecule has 0 radical (unpaired) electrons. The molecule has 1 aromatic carbocycles. The average molecular weight is 368 g/mol. The zero-order chi connectivity index (χ0) is 19.4. The smallest absolute Gasteiger partial charge is 0.223 e. The van der Waals surface area contributed by atoms with Crippen molar-refractivity contribution in [3.63, 3.8) is 0 Å². The molecule has 6 heteroatoms. The molecule has 144 valence electrons. The van der Waals surface area contributed by atoms with Gasteiger partial charge in [0.05, 0.1) is 12.5 Å². The largest absolute Gasteiger partial charge is 0.496 e. The van der Waals surface area contributed by atoms with Crippen LogP contribution in [0.4, 0.5) is 5.82 Å². The Balaban J connectivity index is 1.93. The van der Waals surface area contributed by atoms with E-state index in [0.29, 0.717) is 18.3 Å². The van der Waals surface area contributed by atoms with Crippen LogP contribution in [0.1, 0.15) is 31.2 Å². The van der Waals surface area contributed by atoms with Gasteiger partial charge in [-0.15, -0.1) is 0 Å². The minimum atomic E-state index is -0.529. The average Bonchev–Trinajstić information content (AvgIpc) is 2.69. The second kappa shape index (κ2) is 7.96. The summed E-state index contributed by atoms with van der Waals surface area (Å²) >= 11 is 0. The Kier molecular flexibility index (Phi) is 5.65. The van der Waals surface area contributed by atoms with Crippen LogP contribution in [0.25, 0.3) is 11.1 Å². The van der Waals surface area contributed by atoms with Gasteiger partial charge in [0.25, 0.3) is 0 Å². The molecule has 3 rings (SSSR count). The molecule has 1 saturated carbocycles. The number of carbonyl (C=O) groups is 1. The first-order valence-electron chi connectivity index (χ1n) is 9.33. The Morgan fingerprint density at radius 1 is 1.26 bits per heavy atom. The van der Waals surface area contributed by atoms with Crippen molar-refractivity contribution < 1.29 is 9.53 Å². The first kappa shape index (κ1) is 19.2. The van der Waals surface area contributed by atoms with E-state index in [1.54, 1.807) is 19.4 Å². The van der Waals surface area contributed by atoms with Crippen LogP contribution in [0.15, 0.2) is 36.5 Å². The number of nitrogens with one attached hydrogen (secondary N) is 1. The second-order valence-corrected chi connectivity index (χ2v) is 7.38. The van der Waals surface area contributed by atoms with Gasteiger partial charge < -0.3 is 21.5 Å². The molecule has 1 fully saturated rings. The maximum absolute atomic E-state index is 12.4. The van der Waals surface area contributed by atoms with E-state index in [9.17, 15) is 4.79 Å². The number of amides is 1. The van der Waals surface area contributed by atoms with E-state index >= 15 is 0 Å². The quantitative estimate of drug-likeness (QED) is 0.727. The third-order valence-corrected chi connectivity index (χ3v) is 5.80. The van der Waals surface area contributed by atoms with Gasteiger partial charge in [-0.3, -0.25) is 4.79 Å². The number of hydrogen-bond donors (Lipinski definition) is 3. The summed E-state index contributed by atoms with van der Waals surface area (Å²) in [7, 11) is 3.62. The highest BCUT2D eigenvalue weighted by Crippen LogP contribution is 2.41. The van der Waals surface area contributed by atoms with Crippen molar-refractivity contribution in [2.45, 2.75) is 38.1 Å². The maximum atomic E-state index is 12.4. The Morgan fingerprint density at radius 2 is 1.96 bits per heavy atom. The van der Waals surface area contributed by atoms with Crippen molar-refractivity contribution in [2.24, 2.45) is 11.1 Å². The SMILES string of the molecule is CNC1CCC(Cc2cc(-c3ccc(N)nc3)ccc2OC)(C(N)=O)CC1. The van der Waals surface area contributed by atoms with Crippen molar-refractivity contribution in [3.05, 3.63) is 42.1 Å². The van der Waals surface area contributed by atoms with Gasteiger partial charge >= 0.3 is 0 Å². The predicted octanol–water partition coefficient (Wildman–Crippen LogP) is 2.52. The number of nitrogens with zero attached hydrogens (tertiary/aromatic N) is 1. The van der Waals surface area contributed by atoms with Crippen molar-refractivity contribution in [3.8, 4) is 16.9 Å². The molecule has 0 atom stereocenters. The molecule has 1 aliphatic carbocycles. The minimum absolute atomic E-state index is 0.223. The lowest BCUT2D eigenvalue weighted by Gasteiger charge is -2.38. The van der Waals surface area contributed by atoms with Crippen LogP contribution >= 0.6 is 0 Å². The molecule has 27 heavy (non-hydrogen) atoms. The molecular weight excluding hydrogens is 340 g/mol. The van der Waals surface area contributed by atoms with E-state index in [2.05, 4.69) is 16.4 Å². The number of hydrogen-bond acceptors (Lipinski definition) is 5. The van der Waals surface area contributed by atoms with E-state index in [0.717, 1.165) is 48.1 Å². The number of nitrogen functional groups attached to an aromatic ring is 1. The Labute approximate surface area is 160 Å². The van der Waals surface area contributed by atoms with Crippen LogP contribution in [0.5, 0.6) is 5.75 Å². The molecule has 1 amide bonds. The number of anilines is 1. The third-order valence-electron chi connectivity index (χ3n) is 5.80. The van der Waals surface area contributed by atoms with Gasteiger partial charge in [-0.2, -0.15) is 0 Å². The van der Waals surface area contributed by atoms with Gasteiger partial charge in [-0.1, -0.05) is 6.07 Å². The van der Waals surface area contributed by atoms with Gasteiger partial charge in [0.15, 0.2) is 0 Å². The van der Waals surface area contributed by atoms with E-state index in [1.807, 2.05) is 25.2 Å². The van der Waals surface area contributed by atoms with Crippen LogP contribution in [-0.2, 0) is 11.2 Å². The molecule has 1 heterocycles. The van der Waals surface area contributed by atoms with E-state index in [1.165, 1.54) is 0 Å². The van der Waals surface area contributed by atoms with Crippen LogP contribution in [0.3, 0.4) is 0 Å². The predicted molar refractivity (Wildman–Crippen MR) is 107 cm³/mol. The summed E-state index contributed by atoms with van der Waals surface area (Å²) in [6.07, 6.45) is 5.79. The van der Waals surface area contributed by atoms with E-state index < -0.39 is 5.41 Å². The van der Waals surface area contributed by atoms with E-state index in [4.69, 9.17) is 16.2 Å². The lowest BCUT2D eigenvalue weighted by atomic mass is 9.68. The number of primary amides is 1. The maximum Gasteiger partial charge on any atom is 0.223 e. The summed E-state index contributed by atoms with van der Waals surface area (Å²) in [4.78, 5) is 16.6.